The lowest BCUT2D eigenvalue weighted by atomic mass is 10.2. The molecular weight excluding hydrogens is 290 g/mol. The van der Waals surface area contributed by atoms with Crippen LogP contribution in [-0.2, 0) is 14.8 Å². The molecule has 0 saturated heterocycles. The zero-order valence-corrected chi connectivity index (χ0v) is 13.7. The molecule has 0 aliphatic rings. The summed E-state index contributed by atoms with van der Waals surface area (Å²) in [5.74, 6) is -0.177. The second kappa shape index (κ2) is 7.02. The van der Waals surface area contributed by atoms with Crippen molar-refractivity contribution in [3.05, 3.63) is 23.8 Å². The van der Waals surface area contributed by atoms with E-state index in [4.69, 9.17) is 5.73 Å². The molecule has 0 heterocycles. The second-order valence-corrected chi connectivity index (χ2v) is 7.45. The highest BCUT2D eigenvalue weighted by Crippen LogP contribution is 2.22. The molecule has 3 N–H and O–H groups in total. The molecule has 0 aromatic heterocycles. The SMILES string of the molecule is Cc1ccc(NC(=O)CCC(C)N)cc1S(=O)(=O)N(C)C. The first-order valence-corrected chi connectivity index (χ1v) is 8.17. The van der Waals surface area contributed by atoms with E-state index in [0.29, 0.717) is 24.1 Å². The number of nitrogens with one attached hydrogen (secondary N) is 1. The number of hydrogen-bond donors (Lipinski definition) is 2. The summed E-state index contributed by atoms with van der Waals surface area (Å²) >= 11 is 0. The van der Waals surface area contributed by atoms with Crippen LogP contribution in [0.2, 0.25) is 0 Å². The van der Waals surface area contributed by atoms with Crippen molar-refractivity contribution in [3.63, 3.8) is 0 Å². The molecule has 1 rings (SSSR count). The molecule has 0 spiro atoms. The van der Waals surface area contributed by atoms with Gasteiger partial charge in [-0.3, -0.25) is 4.79 Å². The van der Waals surface area contributed by atoms with Crippen LogP contribution in [0.3, 0.4) is 0 Å². The molecule has 1 aromatic carbocycles. The van der Waals surface area contributed by atoms with Crippen molar-refractivity contribution in [1.29, 1.82) is 0 Å². The maximum absolute atomic E-state index is 12.2. The number of rotatable bonds is 6. The van der Waals surface area contributed by atoms with E-state index in [1.54, 1.807) is 19.1 Å². The van der Waals surface area contributed by atoms with E-state index in [1.165, 1.54) is 20.2 Å². The number of amides is 1. The number of sulfonamides is 1. The molecule has 0 saturated carbocycles. The van der Waals surface area contributed by atoms with Crippen LogP contribution in [0, 0.1) is 6.92 Å². The van der Waals surface area contributed by atoms with E-state index in [2.05, 4.69) is 5.32 Å². The fourth-order valence-electron chi connectivity index (χ4n) is 1.73. The molecule has 0 radical (unpaired) electrons. The van der Waals surface area contributed by atoms with Gasteiger partial charge in [0.1, 0.15) is 0 Å². The van der Waals surface area contributed by atoms with Gasteiger partial charge in [0.2, 0.25) is 15.9 Å². The van der Waals surface area contributed by atoms with Gasteiger partial charge in [-0.15, -0.1) is 0 Å². The lowest BCUT2D eigenvalue weighted by Gasteiger charge is -2.15. The van der Waals surface area contributed by atoms with Crippen LogP contribution < -0.4 is 11.1 Å². The van der Waals surface area contributed by atoms with Crippen LogP contribution in [0.15, 0.2) is 23.1 Å². The molecular formula is C14H23N3O3S. The van der Waals surface area contributed by atoms with Crippen LogP contribution in [0.4, 0.5) is 5.69 Å². The minimum Gasteiger partial charge on any atom is -0.328 e. The van der Waals surface area contributed by atoms with Crippen molar-refractivity contribution < 1.29 is 13.2 Å². The summed E-state index contributed by atoms with van der Waals surface area (Å²) in [6.07, 6.45) is 0.891. The van der Waals surface area contributed by atoms with Crippen LogP contribution in [-0.4, -0.2) is 38.8 Å². The van der Waals surface area contributed by atoms with Crippen LogP contribution in [0.5, 0.6) is 0 Å². The zero-order valence-electron chi connectivity index (χ0n) is 12.9. The first-order valence-electron chi connectivity index (χ1n) is 6.73. The van der Waals surface area contributed by atoms with Gasteiger partial charge >= 0.3 is 0 Å². The first-order chi connectivity index (χ1) is 9.64. The van der Waals surface area contributed by atoms with Crippen molar-refractivity contribution in [3.8, 4) is 0 Å². The molecule has 0 aliphatic carbocycles. The molecule has 118 valence electrons. The Morgan fingerprint density at radius 2 is 2.00 bits per heavy atom. The Balaban J connectivity index is 2.95. The molecule has 21 heavy (non-hydrogen) atoms. The smallest absolute Gasteiger partial charge is 0.242 e. The summed E-state index contributed by atoms with van der Waals surface area (Å²) in [5.41, 5.74) is 6.71. The summed E-state index contributed by atoms with van der Waals surface area (Å²) in [7, 11) is -0.580. The third kappa shape index (κ3) is 4.80. The van der Waals surface area contributed by atoms with Gasteiger partial charge in [0.05, 0.1) is 4.90 Å². The number of carbonyl (C=O) groups excluding carboxylic acids is 1. The Hall–Kier alpha value is -1.44. The van der Waals surface area contributed by atoms with E-state index < -0.39 is 10.0 Å². The summed E-state index contributed by atoms with van der Waals surface area (Å²) in [4.78, 5) is 12.0. The maximum Gasteiger partial charge on any atom is 0.242 e. The fraction of sp³-hybridized carbons (Fsp3) is 0.500. The highest BCUT2D eigenvalue weighted by molar-refractivity contribution is 7.89. The van der Waals surface area contributed by atoms with E-state index in [1.807, 2.05) is 6.92 Å². The molecule has 1 unspecified atom stereocenters. The summed E-state index contributed by atoms with van der Waals surface area (Å²) in [5, 5.41) is 2.70. The van der Waals surface area contributed by atoms with Crippen LogP contribution in [0.1, 0.15) is 25.3 Å². The van der Waals surface area contributed by atoms with E-state index in [-0.39, 0.29) is 16.8 Å². The molecule has 1 atom stereocenters. The maximum atomic E-state index is 12.2. The normalized spacial score (nSPS) is 13.2. The summed E-state index contributed by atoms with van der Waals surface area (Å²) in [6, 6.07) is 4.80. The summed E-state index contributed by atoms with van der Waals surface area (Å²) in [6.45, 7) is 3.55. The van der Waals surface area contributed by atoms with Crippen molar-refractivity contribution in [1.82, 2.24) is 4.31 Å². The summed E-state index contributed by atoms with van der Waals surface area (Å²) < 4.78 is 25.6. The zero-order chi connectivity index (χ0) is 16.2. The van der Waals surface area contributed by atoms with Crippen LogP contribution >= 0.6 is 0 Å². The number of aryl methyl sites for hydroxylation is 1. The topological polar surface area (TPSA) is 92.5 Å². The molecule has 0 aliphatic heterocycles. The van der Waals surface area contributed by atoms with E-state index >= 15 is 0 Å². The van der Waals surface area contributed by atoms with Gasteiger partial charge in [-0.25, -0.2) is 12.7 Å². The van der Waals surface area contributed by atoms with Crippen molar-refractivity contribution >= 4 is 21.6 Å². The van der Waals surface area contributed by atoms with Gasteiger partial charge in [-0.2, -0.15) is 0 Å². The monoisotopic (exact) mass is 313 g/mol. The minimum absolute atomic E-state index is 0.0431. The lowest BCUT2D eigenvalue weighted by molar-refractivity contribution is -0.116. The lowest BCUT2D eigenvalue weighted by Crippen LogP contribution is -2.23. The average Bonchev–Trinajstić information content (AvgIpc) is 2.38. The first kappa shape index (κ1) is 17.6. The molecule has 0 fully saturated rings. The van der Waals surface area contributed by atoms with Gasteiger partial charge < -0.3 is 11.1 Å². The fourth-order valence-corrected chi connectivity index (χ4v) is 2.88. The predicted molar refractivity (Wildman–Crippen MR) is 83.6 cm³/mol. The number of anilines is 1. The van der Waals surface area contributed by atoms with Gasteiger partial charge in [0, 0.05) is 32.2 Å². The average molecular weight is 313 g/mol. The number of nitrogens with zero attached hydrogens (tertiary/aromatic N) is 1. The standard InChI is InChI=1S/C14H23N3O3S/c1-10-5-7-12(16-14(18)8-6-11(2)15)9-13(10)21(19,20)17(3)4/h5,7,9,11H,6,8,15H2,1-4H3,(H,16,18). The van der Waals surface area contributed by atoms with Crippen molar-refractivity contribution in [2.45, 2.75) is 37.6 Å². The number of benzene rings is 1. The number of hydrogen-bond acceptors (Lipinski definition) is 4. The molecule has 1 amide bonds. The minimum atomic E-state index is -3.53. The third-order valence-electron chi connectivity index (χ3n) is 3.06. The van der Waals surface area contributed by atoms with Gasteiger partial charge in [0.25, 0.3) is 0 Å². The molecule has 7 heteroatoms. The molecule has 0 bridgehead atoms. The Kier molecular flexibility index (Phi) is 5.88. The number of nitrogens with two attached hydrogens (primary N) is 1. The largest absolute Gasteiger partial charge is 0.328 e. The van der Waals surface area contributed by atoms with E-state index in [0.717, 1.165) is 4.31 Å². The van der Waals surface area contributed by atoms with Gasteiger partial charge in [0.15, 0.2) is 0 Å². The van der Waals surface area contributed by atoms with E-state index in [9.17, 15) is 13.2 Å². The molecule has 6 nitrogen and oxygen atoms in total. The van der Waals surface area contributed by atoms with Gasteiger partial charge in [-0.1, -0.05) is 6.07 Å². The van der Waals surface area contributed by atoms with Crippen molar-refractivity contribution in [2.75, 3.05) is 19.4 Å². The quantitative estimate of drug-likeness (QED) is 0.828. The van der Waals surface area contributed by atoms with Crippen molar-refractivity contribution in [2.24, 2.45) is 5.73 Å². The van der Waals surface area contributed by atoms with Gasteiger partial charge in [-0.05, 0) is 38.0 Å². The Morgan fingerprint density at radius 1 is 1.38 bits per heavy atom. The van der Waals surface area contributed by atoms with Crippen LogP contribution in [0.25, 0.3) is 0 Å². The highest BCUT2D eigenvalue weighted by atomic mass is 32.2. The second-order valence-electron chi connectivity index (χ2n) is 5.33. The third-order valence-corrected chi connectivity index (χ3v) is 5.01. The number of carbonyl (C=O) groups is 1. The Morgan fingerprint density at radius 3 is 2.52 bits per heavy atom. The highest BCUT2D eigenvalue weighted by Gasteiger charge is 2.20. The Labute approximate surface area is 126 Å². The molecule has 1 aromatic rings. The predicted octanol–water partition coefficient (Wildman–Crippen LogP) is 1.31. The Bertz CT molecular complexity index is 610.